The number of amides is 1. The molecule has 4 aromatic rings. The lowest BCUT2D eigenvalue weighted by Gasteiger charge is -2.11. The third-order valence-electron chi connectivity index (χ3n) is 4.21. The molecule has 27 heavy (non-hydrogen) atoms. The zero-order valence-electron chi connectivity index (χ0n) is 14.6. The second-order valence-electron chi connectivity index (χ2n) is 6.14. The Morgan fingerprint density at radius 1 is 1.00 bits per heavy atom. The summed E-state index contributed by atoms with van der Waals surface area (Å²) in [5, 5.41) is 9.64. The molecule has 0 unspecified atom stereocenters. The number of rotatable bonds is 4. The fraction of sp³-hybridized carbons (Fsp3) is 0.0952. The van der Waals surface area contributed by atoms with Crippen LogP contribution in [0.3, 0.4) is 0 Å². The van der Waals surface area contributed by atoms with Gasteiger partial charge >= 0.3 is 5.97 Å². The number of nitrogens with zero attached hydrogens (tertiary/aromatic N) is 1. The van der Waals surface area contributed by atoms with Crippen LogP contribution in [0.25, 0.3) is 21.5 Å². The molecule has 0 bridgehead atoms. The average molecular weight is 360 g/mol. The maximum atomic E-state index is 12.8. The van der Waals surface area contributed by atoms with Gasteiger partial charge in [0.2, 0.25) is 0 Å². The molecule has 0 saturated heterocycles. The molecule has 0 atom stereocenters. The SMILES string of the molecule is Cc1cc(NC(=O)COC(=O)c2c3ccccc3cc3ccccc23)no1. The molecule has 0 aliphatic carbocycles. The van der Waals surface area contributed by atoms with Crippen molar-refractivity contribution in [3.8, 4) is 0 Å². The first-order valence-electron chi connectivity index (χ1n) is 8.42. The first-order valence-corrected chi connectivity index (χ1v) is 8.42. The fourth-order valence-electron chi connectivity index (χ4n) is 3.04. The van der Waals surface area contributed by atoms with Gasteiger partial charge in [-0.05, 0) is 34.5 Å². The monoisotopic (exact) mass is 360 g/mol. The molecule has 1 amide bonds. The minimum atomic E-state index is -0.547. The van der Waals surface area contributed by atoms with Crippen LogP contribution in [0.2, 0.25) is 0 Å². The van der Waals surface area contributed by atoms with Crippen molar-refractivity contribution >= 4 is 39.2 Å². The summed E-state index contributed by atoms with van der Waals surface area (Å²) in [5.74, 6) is -0.177. The molecule has 0 saturated carbocycles. The maximum Gasteiger partial charge on any atom is 0.339 e. The predicted molar refractivity (Wildman–Crippen MR) is 102 cm³/mol. The van der Waals surface area contributed by atoms with E-state index in [4.69, 9.17) is 9.26 Å². The number of hydrogen-bond acceptors (Lipinski definition) is 5. The summed E-state index contributed by atoms with van der Waals surface area (Å²) >= 11 is 0. The Bertz CT molecular complexity index is 1110. The van der Waals surface area contributed by atoms with Gasteiger partial charge in [0, 0.05) is 6.07 Å². The highest BCUT2D eigenvalue weighted by molar-refractivity contribution is 6.16. The van der Waals surface area contributed by atoms with Gasteiger partial charge in [0.25, 0.3) is 5.91 Å². The van der Waals surface area contributed by atoms with Crippen LogP contribution in [-0.2, 0) is 9.53 Å². The van der Waals surface area contributed by atoms with Crippen molar-refractivity contribution in [3.05, 3.63) is 72.0 Å². The standard InChI is InChI=1S/C21H16N2O4/c1-13-10-18(23-27-13)22-19(24)12-26-21(25)20-16-8-4-2-6-14(16)11-15-7-3-5-9-17(15)20/h2-11H,12H2,1H3,(H,22,23,24). The molecule has 0 aliphatic rings. The zero-order valence-corrected chi connectivity index (χ0v) is 14.6. The molecule has 1 aromatic heterocycles. The highest BCUT2D eigenvalue weighted by Gasteiger charge is 2.17. The first kappa shape index (κ1) is 16.8. The maximum absolute atomic E-state index is 12.8. The number of ether oxygens (including phenoxy) is 1. The van der Waals surface area contributed by atoms with Crippen molar-refractivity contribution in [2.24, 2.45) is 0 Å². The van der Waals surface area contributed by atoms with Gasteiger partial charge < -0.3 is 14.6 Å². The van der Waals surface area contributed by atoms with Gasteiger partial charge in [-0.15, -0.1) is 0 Å². The summed E-state index contributed by atoms with van der Waals surface area (Å²) in [6, 6.07) is 18.8. The minimum absolute atomic E-state index is 0.282. The molecule has 1 N–H and O–H groups in total. The molecule has 134 valence electrons. The molecule has 1 heterocycles. The fourth-order valence-corrected chi connectivity index (χ4v) is 3.04. The summed E-state index contributed by atoms with van der Waals surface area (Å²) in [7, 11) is 0. The van der Waals surface area contributed by atoms with E-state index < -0.39 is 18.5 Å². The van der Waals surface area contributed by atoms with Gasteiger partial charge in [-0.2, -0.15) is 0 Å². The molecule has 0 aliphatic heterocycles. The second kappa shape index (κ2) is 6.92. The average Bonchev–Trinajstić information content (AvgIpc) is 3.08. The number of esters is 1. The lowest BCUT2D eigenvalue weighted by atomic mass is 9.97. The lowest BCUT2D eigenvalue weighted by Crippen LogP contribution is -2.21. The number of anilines is 1. The molecule has 0 radical (unpaired) electrons. The van der Waals surface area contributed by atoms with Crippen molar-refractivity contribution in [1.29, 1.82) is 0 Å². The van der Waals surface area contributed by atoms with E-state index in [0.717, 1.165) is 21.5 Å². The van der Waals surface area contributed by atoms with Crippen LogP contribution in [0.4, 0.5) is 5.82 Å². The van der Waals surface area contributed by atoms with Crippen molar-refractivity contribution in [2.45, 2.75) is 6.92 Å². The number of hydrogen-bond donors (Lipinski definition) is 1. The number of aryl methyl sites for hydroxylation is 1. The van der Waals surface area contributed by atoms with E-state index >= 15 is 0 Å². The van der Waals surface area contributed by atoms with Gasteiger partial charge in [0.1, 0.15) is 5.76 Å². The normalized spacial score (nSPS) is 10.9. The second-order valence-corrected chi connectivity index (χ2v) is 6.14. The third kappa shape index (κ3) is 3.37. The van der Waals surface area contributed by atoms with E-state index in [1.807, 2.05) is 54.6 Å². The lowest BCUT2D eigenvalue weighted by molar-refractivity contribution is -0.119. The smallest absolute Gasteiger partial charge is 0.339 e. The molecular weight excluding hydrogens is 344 g/mol. The zero-order chi connectivity index (χ0) is 18.8. The van der Waals surface area contributed by atoms with E-state index in [9.17, 15) is 9.59 Å². The Hall–Kier alpha value is -3.67. The van der Waals surface area contributed by atoms with Gasteiger partial charge in [0.05, 0.1) is 5.56 Å². The summed E-state index contributed by atoms with van der Waals surface area (Å²) in [4.78, 5) is 24.8. The Labute approximate surface area is 154 Å². The van der Waals surface area contributed by atoms with Crippen LogP contribution < -0.4 is 5.32 Å². The van der Waals surface area contributed by atoms with Crippen LogP contribution in [0, 0.1) is 6.92 Å². The van der Waals surface area contributed by atoms with E-state index in [1.54, 1.807) is 13.0 Å². The van der Waals surface area contributed by atoms with Crippen LogP contribution in [0.5, 0.6) is 0 Å². The topological polar surface area (TPSA) is 81.4 Å². The number of carbonyl (C=O) groups excluding carboxylic acids is 2. The van der Waals surface area contributed by atoms with Crippen LogP contribution in [0.15, 0.2) is 65.2 Å². The Morgan fingerprint density at radius 3 is 2.22 bits per heavy atom. The predicted octanol–water partition coefficient (Wildman–Crippen LogP) is 4.08. The van der Waals surface area contributed by atoms with E-state index in [1.165, 1.54) is 0 Å². The summed E-state index contributed by atoms with van der Waals surface area (Å²) < 4.78 is 10.2. The van der Waals surface area contributed by atoms with E-state index in [-0.39, 0.29) is 5.82 Å². The van der Waals surface area contributed by atoms with Crippen LogP contribution >= 0.6 is 0 Å². The first-order chi connectivity index (χ1) is 13.1. The van der Waals surface area contributed by atoms with Gasteiger partial charge in [0.15, 0.2) is 12.4 Å². The quantitative estimate of drug-likeness (QED) is 0.438. The van der Waals surface area contributed by atoms with E-state index in [2.05, 4.69) is 10.5 Å². The Kier molecular flexibility index (Phi) is 4.30. The van der Waals surface area contributed by atoms with Gasteiger partial charge in [-0.25, -0.2) is 4.79 Å². The third-order valence-corrected chi connectivity index (χ3v) is 4.21. The summed E-state index contributed by atoms with van der Waals surface area (Å²) in [6.07, 6.45) is 0. The number of fused-ring (bicyclic) bond motifs is 2. The number of benzene rings is 3. The van der Waals surface area contributed by atoms with Gasteiger partial charge in [-0.1, -0.05) is 53.7 Å². The highest BCUT2D eigenvalue weighted by atomic mass is 16.5. The molecular formula is C21H16N2O4. The highest BCUT2D eigenvalue weighted by Crippen LogP contribution is 2.29. The molecule has 6 nitrogen and oxygen atoms in total. The Balaban J connectivity index is 1.60. The molecule has 3 aromatic carbocycles. The van der Waals surface area contributed by atoms with E-state index in [0.29, 0.717) is 11.3 Å². The molecule has 0 spiro atoms. The minimum Gasteiger partial charge on any atom is -0.452 e. The number of aromatic nitrogens is 1. The Morgan fingerprint density at radius 2 is 1.63 bits per heavy atom. The largest absolute Gasteiger partial charge is 0.452 e. The molecule has 4 rings (SSSR count). The molecule has 0 fully saturated rings. The number of nitrogens with one attached hydrogen (secondary N) is 1. The summed E-state index contributed by atoms with van der Waals surface area (Å²) in [6.45, 7) is 1.30. The number of carbonyl (C=O) groups is 2. The van der Waals surface area contributed by atoms with Crippen LogP contribution in [-0.4, -0.2) is 23.6 Å². The van der Waals surface area contributed by atoms with Crippen molar-refractivity contribution in [2.75, 3.05) is 11.9 Å². The van der Waals surface area contributed by atoms with Crippen LogP contribution in [0.1, 0.15) is 16.1 Å². The van der Waals surface area contributed by atoms with Crippen molar-refractivity contribution in [1.82, 2.24) is 5.16 Å². The van der Waals surface area contributed by atoms with Crippen molar-refractivity contribution in [3.63, 3.8) is 0 Å². The van der Waals surface area contributed by atoms with Gasteiger partial charge in [-0.3, -0.25) is 4.79 Å². The molecule has 6 heteroatoms. The van der Waals surface area contributed by atoms with Crippen molar-refractivity contribution < 1.29 is 18.8 Å². The summed E-state index contributed by atoms with van der Waals surface area (Å²) in [5.41, 5.74) is 0.453.